The standard InChI is InChI=1S/C12H15N/c1-9-8-10-6-4-5-7-11(10)13-12(9,2)3/h4-8,13H,1-3H3. The molecule has 1 aliphatic heterocycles. The Kier molecular flexibility index (Phi) is 1.69. The van der Waals surface area contributed by atoms with Crippen LogP contribution in [0.25, 0.3) is 6.08 Å². The number of benzene rings is 1. The topological polar surface area (TPSA) is 12.0 Å². The van der Waals surface area contributed by atoms with Crippen LogP contribution >= 0.6 is 0 Å². The minimum absolute atomic E-state index is 0.0916. The molecule has 0 saturated carbocycles. The maximum Gasteiger partial charge on any atom is 0.0529 e. The summed E-state index contributed by atoms with van der Waals surface area (Å²) in [6.07, 6.45) is 2.26. The molecule has 1 aliphatic rings. The summed E-state index contributed by atoms with van der Waals surface area (Å²) in [6.45, 7) is 6.58. The van der Waals surface area contributed by atoms with Gasteiger partial charge in [-0.15, -0.1) is 0 Å². The summed E-state index contributed by atoms with van der Waals surface area (Å²) in [7, 11) is 0. The van der Waals surface area contributed by atoms with Gasteiger partial charge in [-0.1, -0.05) is 24.3 Å². The highest BCUT2D eigenvalue weighted by molar-refractivity contribution is 5.74. The smallest absolute Gasteiger partial charge is 0.0529 e. The van der Waals surface area contributed by atoms with Crippen molar-refractivity contribution < 1.29 is 0 Å². The van der Waals surface area contributed by atoms with Gasteiger partial charge in [0.25, 0.3) is 0 Å². The molecule has 0 saturated heterocycles. The van der Waals surface area contributed by atoms with Crippen molar-refractivity contribution in [1.82, 2.24) is 0 Å². The van der Waals surface area contributed by atoms with Gasteiger partial charge in [0.1, 0.15) is 0 Å². The number of nitrogens with one attached hydrogen (secondary N) is 1. The summed E-state index contributed by atoms with van der Waals surface area (Å²) in [5.41, 5.74) is 4.00. The van der Waals surface area contributed by atoms with Crippen LogP contribution in [-0.2, 0) is 0 Å². The summed E-state index contributed by atoms with van der Waals surface area (Å²) in [5, 5.41) is 3.52. The first-order chi connectivity index (χ1) is 6.09. The number of anilines is 1. The Morgan fingerprint density at radius 2 is 1.85 bits per heavy atom. The number of hydrogen-bond donors (Lipinski definition) is 1. The molecule has 0 amide bonds. The van der Waals surface area contributed by atoms with Crippen LogP contribution in [-0.4, -0.2) is 5.54 Å². The Morgan fingerprint density at radius 1 is 1.15 bits per heavy atom. The first-order valence-corrected chi connectivity index (χ1v) is 4.65. The highest BCUT2D eigenvalue weighted by Gasteiger charge is 2.23. The third-order valence-electron chi connectivity index (χ3n) is 2.77. The van der Waals surface area contributed by atoms with Gasteiger partial charge in [-0.25, -0.2) is 0 Å². The summed E-state index contributed by atoms with van der Waals surface area (Å²) in [5.74, 6) is 0. The molecule has 2 rings (SSSR count). The molecule has 68 valence electrons. The molecule has 0 spiro atoms. The van der Waals surface area contributed by atoms with Crippen molar-refractivity contribution in [3.05, 3.63) is 35.4 Å². The molecule has 1 N–H and O–H groups in total. The van der Waals surface area contributed by atoms with Crippen LogP contribution in [0.4, 0.5) is 5.69 Å². The number of hydrogen-bond acceptors (Lipinski definition) is 1. The molecule has 0 aliphatic carbocycles. The summed E-state index contributed by atoms with van der Waals surface area (Å²) in [4.78, 5) is 0. The van der Waals surface area contributed by atoms with E-state index in [0.29, 0.717) is 0 Å². The van der Waals surface area contributed by atoms with Crippen LogP contribution in [0, 0.1) is 0 Å². The second-order valence-electron chi connectivity index (χ2n) is 4.16. The molecule has 0 aromatic heterocycles. The number of rotatable bonds is 0. The van der Waals surface area contributed by atoms with Gasteiger partial charge in [0.2, 0.25) is 0 Å². The summed E-state index contributed by atoms with van der Waals surface area (Å²) >= 11 is 0. The Hall–Kier alpha value is -1.24. The quantitative estimate of drug-likeness (QED) is 0.634. The minimum Gasteiger partial charge on any atom is -0.376 e. The van der Waals surface area contributed by atoms with E-state index >= 15 is 0 Å². The Balaban J connectivity index is 2.53. The molecule has 1 nitrogen and oxygen atoms in total. The Labute approximate surface area is 79.5 Å². The van der Waals surface area contributed by atoms with Gasteiger partial charge in [-0.2, -0.15) is 0 Å². The van der Waals surface area contributed by atoms with E-state index < -0.39 is 0 Å². The van der Waals surface area contributed by atoms with E-state index in [1.54, 1.807) is 0 Å². The molecule has 1 heterocycles. The third-order valence-corrected chi connectivity index (χ3v) is 2.77. The molecule has 0 bridgehead atoms. The SMILES string of the molecule is CC1=Cc2ccccc2NC1(C)C. The summed E-state index contributed by atoms with van der Waals surface area (Å²) < 4.78 is 0. The van der Waals surface area contributed by atoms with Gasteiger partial charge >= 0.3 is 0 Å². The fourth-order valence-electron chi connectivity index (χ4n) is 1.59. The van der Waals surface area contributed by atoms with Crippen molar-refractivity contribution in [2.75, 3.05) is 5.32 Å². The fraction of sp³-hybridized carbons (Fsp3) is 0.333. The molecule has 0 unspecified atom stereocenters. The van der Waals surface area contributed by atoms with Crippen molar-refractivity contribution in [2.45, 2.75) is 26.3 Å². The second kappa shape index (κ2) is 2.63. The number of para-hydroxylation sites is 1. The van der Waals surface area contributed by atoms with Gasteiger partial charge in [0, 0.05) is 5.69 Å². The van der Waals surface area contributed by atoms with E-state index in [4.69, 9.17) is 0 Å². The maximum absolute atomic E-state index is 3.52. The maximum atomic E-state index is 3.52. The normalized spacial score (nSPS) is 18.5. The van der Waals surface area contributed by atoms with E-state index in [1.165, 1.54) is 16.8 Å². The lowest BCUT2D eigenvalue weighted by atomic mass is 9.89. The van der Waals surface area contributed by atoms with Gasteiger partial charge in [0.15, 0.2) is 0 Å². The van der Waals surface area contributed by atoms with Crippen molar-refractivity contribution in [1.29, 1.82) is 0 Å². The summed E-state index contributed by atoms with van der Waals surface area (Å²) in [6, 6.07) is 8.40. The Morgan fingerprint density at radius 3 is 2.62 bits per heavy atom. The number of fused-ring (bicyclic) bond motifs is 1. The van der Waals surface area contributed by atoms with Crippen LogP contribution < -0.4 is 5.32 Å². The van der Waals surface area contributed by atoms with E-state index in [0.717, 1.165) is 0 Å². The second-order valence-corrected chi connectivity index (χ2v) is 4.16. The first kappa shape index (κ1) is 8.36. The molecule has 0 radical (unpaired) electrons. The molecule has 1 heteroatoms. The monoisotopic (exact) mass is 173 g/mol. The van der Waals surface area contributed by atoms with Gasteiger partial charge in [-0.3, -0.25) is 0 Å². The lowest BCUT2D eigenvalue weighted by Gasteiger charge is -2.33. The van der Waals surface area contributed by atoms with Gasteiger partial charge < -0.3 is 5.32 Å². The zero-order valence-electron chi connectivity index (χ0n) is 8.39. The minimum atomic E-state index is 0.0916. The van der Waals surface area contributed by atoms with Crippen LogP contribution in [0.5, 0.6) is 0 Å². The van der Waals surface area contributed by atoms with Crippen molar-refractivity contribution in [2.24, 2.45) is 0 Å². The molecule has 13 heavy (non-hydrogen) atoms. The predicted octanol–water partition coefficient (Wildman–Crippen LogP) is 3.29. The van der Waals surface area contributed by atoms with Crippen LogP contribution in [0.3, 0.4) is 0 Å². The zero-order valence-corrected chi connectivity index (χ0v) is 8.39. The Bertz CT molecular complexity index is 361. The van der Waals surface area contributed by atoms with Crippen molar-refractivity contribution in [3.8, 4) is 0 Å². The average molecular weight is 173 g/mol. The van der Waals surface area contributed by atoms with Crippen molar-refractivity contribution in [3.63, 3.8) is 0 Å². The van der Waals surface area contributed by atoms with Crippen molar-refractivity contribution >= 4 is 11.8 Å². The van der Waals surface area contributed by atoms with E-state index in [-0.39, 0.29) is 5.54 Å². The first-order valence-electron chi connectivity index (χ1n) is 4.65. The fourth-order valence-corrected chi connectivity index (χ4v) is 1.59. The average Bonchev–Trinajstić information content (AvgIpc) is 2.06. The molecule has 1 aromatic rings. The van der Waals surface area contributed by atoms with Crippen LogP contribution in [0.2, 0.25) is 0 Å². The van der Waals surface area contributed by atoms with Crippen LogP contribution in [0.1, 0.15) is 26.3 Å². The van der Waals surface area contributed by atoms with E-state index in [1.807, 2.05) is 0 Å². The van der Waals surface area contributed by atoms with E-state index in [9.17, 15) is 0 Å². The highest BCUT2D eigenvalue weighted by atomic mass is 15.0. The predicted molar refractivity (Wildman–Crippen MR) is 57.8 cm³/mol. The van der Waals surface area contributed by atoms with Gasteiger partial charge in [0.05, 0.1) is 5.54 Å². The zero-order chi connectivity index (χ0) is 9.47. The van der Waals surface area contributed by atoms with Crippen LogP contribution in [0.15, 0.2) is 29.8 Å². The molecular formula is C12H15N. The molecule has 0 atom stereocenters. The molecule has 0 fully saturated rings. The van der Waals surface area contributed by atoms with E-state index in [2.05, 4.69) is 56.4 Å². The molecular weight excluding hydrogens is 158 g/mol. The molecule has 1 aromatic carbocycles. The lowest BCUT2D eigenvalue weighted by Crippen LogP contribution is -2.34. The van der Waals surface area contributed by atoms with Gasteiger partial charge in [-0.05, 0) is 38.0 Å². The third kappa shape index (κ3) is 1.35. The highest BCUT2D eigenvalue weighted by Crippen LogP contribution is 2.32. The largest absolute Gasteiger partial charge is 0.376 e. The lowest BCUT2D eigenvalue weighted by molar-refractivity contribution is 0.664.